The Balaban J connectivity index is 0.905. The van der Waals surface area contributed by atoms with E-state index in [4.69, 9.17) is 37.8 Å². The molecule has 0 radical (unpaired) electrons. The fraction of sp³-hybridized carbons (Fsp3) is 0.292. The maximum Gasteiger partial charge on any atom is 0.330 e. The molecule has 0 spiro atoms. The van der Waals surface area contributed by atoms with E-state index in [1.54, 1.807) is 69.7 Å². The topological polar surface area (TPSA) is 192 Å². The van der Waals surface area contributed by atoms with Gasteiger partial charge in [0.1, 0.15) is 42.0 Å². The number of anilines is 1. The molecule has 0 saturated carbocycles. The molecule has 6 aromatic carbocycles. The van der Waals surface area contributed by atoms with Gasteiger partial charge in [-0.2, -0.15) is 0 Å². The highest BCUT2D eigenvalue weighted by Crippen LogP contribution is 2.45. The van der Waals surface area contributed by atoms with E-state index in [0.717, 1.165) is 27.1 Å². The van der Waals surface area contributed by atoms with Crippen LogP contribution in [0.25, 0.3) is 11.2 Å². The van der Waals surface area contributed by atoms with Gasteiger partial charge >= 0.3 is 5.69 Å². The van der Waals surface area contributed by atoms with Gasteiger partial charge in [-0.3, -0.25) is 23.7 Å². The number of amides is 1. The van der Waals surface area contributed by atoms with Crippen molar-refractivity contribution in [1.29, 1.82) is 0 Å². The molecule has 11 rings (SSSR count). The van der Waals surface area contributed by atoms with Crippen LogP contribution in [0.5, 0.6) is 11.5 Å². The summed E-state index contributed by atoms with van der Waals surface area (Å²) < 4.78 is 50.5. The van der Waals surface area contributed by atoms with Crippen LogP contribution in [0.1, 0.15) is 78.7 Å². The Bertz CT molecular complexity index is 3710. The minimum absolute atomic E-state index is 0.0834. The molecule has 84 heavy (non-hydrogen) atoms. The van der Waals surface area contributed by atoms with Gasteiger partial charge in [0.25, 0.3) is 19.8 Å². The largest absolute Gasteiger partial charge is 0.497 e. The highest BCUT2D eigenvalue weighted by molar-refractivity contribution is 7.99. The molecule has 5 heterocycles. The Morgan fingerprint density at radius 1 is 0.690 bits per heavy atom. The second-order valence-electron chi connectivity index (χ2n) is 21.9. The zero-order valence-electron chi connectivity index (χ0n) is 47.6. The molecule has 17 nitrogen and oxygen atoms in total. The van der Waals surface area contributed by atoms with Crippen LogP contribution >= 0.6 is 11.8 Å². The number of hydrogen-bond donors (Lipinski definition) is 2. The van der Waals surface area contributed by atoms with E-state index in [1.165, 1.54) is 10.9 Å². The summed E-state index contributed by atoms with van der Waals surface area (Å²) in [5.41, 5.74) is 2.16. The lowest BCUT2D eigenvalue weighted by atomic mass is 9.80. The van der Waals surface area contributed by atoms with Gasteiger partial charge in [-0.05, 0) is 75.4 Å². The van der Waals surface area contributed by atoms with Gasteiger partial charge in [0.15, 0.2) is 17.0 Å². The van der Waals surface area contributed by atoms with Crippen molar-refractivity contribution in [2.45, 2.75) is 87.2 Å². The number of aromatic nitrogens is 6. The predicted molar refractivity (Wildman–Crippen MR) is 326 cm³/mol. The van der Waals surface area contributed by atoms with Crippen molar-refractivity contribution in [3.8, 4) is 11.5 Å². The van der Waals surface area contributed by atoms with Crippen LogP contribution in [0.2, 0.25) is 5.04 Å². The summed E-state index contributed by atoms with van der Waals surface area (Å²) in [6.07, 6.45) is 2.45. The first kappa shape index (κ1) is 57.8. The normalized spacial score (nSPS) is 19.1. The monoisotopic (exact) mass is 1170 g/mol. The molecule has 0 aliphatic carbocycles. The molecule has 1 amide bonds. The van der Waals surface area contributed by atoms with Gasteiger partial charge in [-0.25, -0.2) is 19.7 Å². The molecule has 3 aromatic heterocycles. The van der Waals surface area contributed by atoms with Gasteiger partial charge in [-0.15, -0.1) is 11.8 Å². The molecule has 2 aliphatic rings. The summed E-state index contributed by atoms with van der Waals surface area (Å²) in [6.45, 7) is 8.64. The molecule has 2 aliphatic heterocycles. The first-order chi connectivity index (χ1) is 40.8. The fourth-order valence-corrected chi connectivity index (χ4v) is 17.3. The minimum atomic E-state index is -3.15. The Morgan fingerprint density at radius 3 is 1.85 bits per heavy atom. The van der Waals surface area contributed by atoms with E-state index >= 15 is 0 Å². The van der Waals surface area contributed by atoms with Crippen LogP contribution in [0.4, 0.5) is 5.82 Å². The maximum absolute atomic E-state index is 13.5. The Labute approximate surface area is 492 Å². The Morgan fingerprint density at radius 2 is 1.25 bits per heavy atom. The van der Waals surface area contributed by atoms with Crippen molar-refractivity contribution >= 4 is 53.3 Å². The third-order valence-electron chi connectivity index (χ3n) is 15.8. The number of fused-ring (bicyclic) bond motifs is 1. The van der Waals surface area contributed by atoms with Crippen molar-refractivity contribution < 1.29 is 37.6 Å². The molecular formula is C65H67N7O10SSi. The molecule has 2 saturated heterocycles. The Hall–Kier alpha value is -8.01. The highest BCUT2D eigenvalue weighted by Gasteiger charge is 2.54. The second-order valence-corrected chi connectivity index (χ2v) is 27.3. The number of nitrogens with zero attached hydrogens (tertiary/aromatic N) is 5. The molecule has 2 N–H and O–H groups in total. The maximum atomic E-state index is 13.5. The van der Waals surface area contributed by atoms with Crippen LogP contribution in [0.3, 0.4) is 0 Å². The van der Waals surface area contributed by atoms with E-state index in [-0.39, 0.29) is 41.2 Å². The third-order valence-corrected chi connectivity index (χ3v) is 22.1. The summed E-state index contributed by atoms with van der Waals surface area (Å²) in [5, 5.41) is 4.55. The van der Waals surface area contributed by atoms with Gasteiger partial charge in [0, 0.05) is 35.4 Å². The van der Waals surface area contributed by atoms with Crippen LogP contribution in [-0.4, -0.2) is 100 Å². The number of methoxy groups -OCH3 is 2. The van der Waals surface area contributed by atoms with Gasteiger partial charge in [0.2, 0.25) is 0 Å². The number of H-pyrrole nitrogens is 1. The first-order valence-corrected chi connectivity index (χ1v) is 30.9. The van der Waals surface area contributed by atoms with Crippen molar-refractivity contribution in [2.75, 3.05) is 38.7 Å². The summed E-state index contributed by atoms with van der Waals surface area (Å²) in [6, 6.07) is 55.6. The highest BCUT2D eigenvalue weighted by atomic mass is 32.2. The van der Waals surface area contributed by atoms with Crippen molar-refractivity contribution in [3.63, 3.8) is 0 Å². The number of thioether (sulfide) groups is 1. The van der Waals surface area contributed by atoms with E-state index < -0.39 is 55.9 Å². The lowest BCUT2D eigenvalue weighted by Crippen LogP contribution is -2.68. The van der Waals surface area contributed by atoms with Gasteiger partial charge in [0.05, 0.1) is 51.9 Å². The van der Waals surface area contributed by atoms with Crippen LogP contribution < -0.4 is 36.4 Å². The quantitative estimate of drug-likeness (QED) is 0.0299. The first-order valence-electron chi connectivity index (χ1n) is 27.9. The molecule has 6 atom stereocenters. The summed E-state index contributed by atoms with van der Waals surface area (Å²) in [4.78, 5) is 55.8. The van der Waals surface area contributed by atoms with Gasteiger partial charge in [-0.1, -0.05) is 154 Å². The van der Waals surface area contributed by atoms with Crippen molar-refractivity contribution in [1.82, 2.24) is 29.1 Å². The number of aromatic amines is 1. The molecule has 0 unspecified atom stereocenters. The molecule has 19 heteroatoms. The minimum Gasteiger partial charge on any atom is -0.497 e. The number of carbonyl (C=O) groups is 1. The summed E-state index contributed by atoms with van der Waals surface area (Å²) >= 11 is 1.55. The smallest absolute Gasteiger partial charge is 0.330 e. The fourth-order valence-electron chi connectivity index (χ4n) is 11.6. The number of rotatable bonds is 21. The molecule has 9 aromatic rings. The Kier molecular flexibility index (Phi) is 17.2. The molecular weight excluding hydrogens is 1100 g/mol. The van der Waals surface area contributed by atoms with Crippen molar-refractivity contribution in [3.05, 3.63) is 237 Å². The number of imidazole rings is 1. The number of aryl methyl sites for hydroxylation is 1. The van der Waals surface area contributed by atoms with Crippen LogP contribution in [0.15, 0.2) is 198 Å². The number of carbonyl (C=O) groups excluding carboxylic acids is 1. The van der Waals surface area contributed by atoms with E-state index in [2.05, 4.69) is 89.6 Å². The van der Waals surface area contributed by atoms with Crippen LogP contribution in [-0.2, 0) is 29.0 Å². The predicted octanol–water partition coefficient (Wildman–Crippen LogP) is 9.56. The lowest BCUT2D eigenvalue weighted by molar-refractivity contribution is -0.0766. The second kappa shape index (κ2) is 25.1. The zero-order valence-corrected chi connectivity index (χ0v) is 49.4. The summed E-state index contributed by atoms with van der Waals surface area (Å²) in [7, 11) is 0.117. The van der Waals surface area contributed by atoms with E-state index in [0.29, 0.717) is 46.6 Å². The SMILES string of the molecule is COc1ccc(C(OC[C@H]2O[C@@H](n3cc(C)c(=O)[nH]c3=O)C[C@@H]2SCOC[C@H]2O[C@@H](n3cnc4c(NC(=O)c5ccccc5)ncnc43)C[C@@H]2O[Si](c2ccccc2)(c2ccccc2)C(C)(C)C)(c2ccccc2)c2ccc(OC)cc2)cc1. The standard InChI is InChI=1S/C65H67N7O10SSi/c1-43-37-71(63(75)70-61(43)73)57-36-55(54(81-57)39-79-65(45-21-13-8-14-22-45,46-27-31-48(76-5)32-28-46)47-29-33-49(77-6)34-30-47)83-42-78-38-53-52(82-84(64(2,3)4,50-23-15-9-16-24-50)51-25-17-10-18-26-51)35-56(80-53)72-41-68-58-59(66-40-67-60(58)72)69-62(74)44-19-11-7-12-20-44/h7-34,37,40-41,52-57H,35-36,38-39,42H2,1-6H3,(H,70,73,75)(H,66,67,69,74)/t52-,53+,54+,55-,56+,57+/m0/s1. The third kappa shape index (κ3) is 11.6. The number of hydrogen-bond acceptors (Lipinski definition) is 14. The average Bonchev–Trinajstić information content (AvgIpc) is 2.39. The van der Waals surface area contributed by atoms with E-state index in [9.17, 15) is 14.4 Å². The number of benzene rings is 6. The van der Waals surface area contributed by atoms with Crippen LogP contribution in [0, 0.1) is 6.92 Å². The summed E-state index contributed by atoms with van der Waals surface area (Å²) in [5.74, 6) is 1.55. The average molecular weight is 1170 g/mol. The number of nitrogens with one attached hydrogen (secondary N) is 2. The molecule has 432 valence electrons. The molecule has 0 bridgehead atoms. The molecule has 2 fully saturated rings. The number of ether oxygens (including phenoxy) is 6. The van der Waals surface area contributed by atoms with E-state index in [1.807, 2.05) is 102 Å². The zero-order chi connectivity index (χ0) is 58.4. The van der Waals surface area contributed by atoms with Crippen molar-refractivity contribution in [2.24, 2.45) is 0 Å². The van der Waals surface area contributed by atoms with Gasteiger partial charge < -0.3 is 38.2 Å². The lowest BCUT2D eigenvalue weighted by Gasteiger charge is -2.45.